The molecule has 0 bridgehead atoms. The molecule has 0 saturated carbocycles. The van der Waals surface area contributed by atoms with Crippen LogP contribution in [0.5, 0.6) is 0 Å². The first-order chi connectivity index (χ1) is 9.16. The maximum Gasteiger partial charge on any atom is 0.137 e. The van der Waals surface area contributed by atoms with E-state index in [1.807, 2.05) is 4.68 Å². The van der Waals surface area contributed by atoms with Crippen LogP contribution in [0.3, 0.4) is 0 Å². The normalized spacial score (nSPS) is 12.7. The summed E-state index contributed by atoms with van der Waals surface area (Å²) in [5, 5.41) is 4.20. The third kappa shape index (κ3) is 3.47. The minimum absolute atomic E-state index is 0.151. The average Bonchev–Trinajstić information content (AvgIpc) is 2.79. The molecule has 0 aliphatic heterocycles. The molecule has 3 heteroatoms. The Balaban J connectivity index is 2.46. The molecule has 0 unspecified atom stereocenters. The predicted molar refractivity (Wildman–Crippen MR) is 83.0 cm³/mol. The second kappa shape index (κ2) is 5.04. The molecule has 0 spiro atoms. The summed E-state index contributed by atoms with van der Waals surface area (Å²) in [6.45, 7) is 14.3. The maximum atomic E-state index is 4.20. The molecule has 0 saturated heterocycles. The second-order valence-electron chi connectivity index (χ2n) is 7.51. The van der Waals surface area contributed by atoms with Crippen molar-refractivity contribution in [2.75, 3.05) is 0 Å². The van der Waals surface area contributed by atoms with Gasteiger partial charge in [0.15, 0.2) is 0 Å². The van der Waals surface area contributed by atoms with Crippen LogP contribution in [0.4, 0.5) is 0 Å². The molecule has 1 aromatic carbocycles. The van der Waals surface area contributed by atoms with Gasteiger partial charge in [-0.3, -0.25) is 0 Å². The average molecular weight is 271 g/mol. The molecular weight excluding hydrogens is 246 g/mol. The van der Waals surface area contributed by atoms with Gasteiger partial charge < -0.3 is 0 Å². The largest absolute Gasteiger partial charge is 0.249 e. The lowest BCUT2D eigenvalue weighted by Gasteiger charge is -2.26. The molecule has 0 N–H and O–H groups in total. The van der Waals surface area contributed by atoms with Gasteiger partial charge in [0.25, 0.3) is 0 Å². The second-order valence-corrected chi connectivity index (χ2v) is 7.51. The minimum atomic E-state index is 0.151. The van der Waals surface area contributed by atoms with Gasteiger partial charge in [-0.05, 0) is 27.5 Å². The fourth-order valence-electron chi connectivity index (χ4n) is 2.15. The Morgan fingerprint density at radius 1 is 0.900 bits per heavy atom. The Morgan fingerprint density at radius 3 is 1.85 bits per heavy atom. The number of aromatic nitrogens is 3. The van der Waals surface area contributed by atoms with Gasteiger partial charge in [0.2, 0.25) is 0 Å². The fourth-order valence-corrected chi connectivity index (χ4v) is 2.15. The zero-order chi connectivity index (χ0) is 15.0. The third-order valence-electron chi connectivity index (χ3n) is 3.54. The number of rotatable bonds is 2. The summed E-state index contributed by atoms with van der Waals surface area (Å²) in [5.74, 6) is 0. The molecule has 0 amide bonds. The van der Waals surface area contributed by atoms with Gasteiger partial charge in [0.05, 0.1) is 6.54 Å². The van der Waals surface area contributed by atoms with Crippen LogP contribution in [0.2, 0.25) is 0 Å². The topological polar surface area (TPSA) is 30.7 Å². The highest BCUT2D eigenvalue weighted by Crippen LogP contribution is 2.30. The van der Waals surface area contributed by atoms with Gasteiger partial charge in [-0.15, -0.1) is 0 Å². The minimum Gasteiger partial charge on any atom is -0.249 e. The molecule has 0 atom stereocenters. The van der Waals surface area contributed by atoms with Crippen LogP contribution in [0.15, 0.2) is 30.9 Å². The molecule has 20 heavy (non-hydrogen) atoms. The Labute approximate surface area is 122 Å². The van der Waals surface area contributed by atoms with Crippen LogP contribution in [0, 0.1) is 0 Å². The molecule has 0 radical (unpaired) electrons. The summed E-state index contributed by atoms with van der Waals surface area (Å²) in [4.78, 5) is 4.01. The van der Waals surface area contributed by atoms with Crippen molar-refractivity contribution < 1.29 is 0 Å². The van der Waals surface area contributed by atoms with Gasteiger partial charge in [0.1, 0.15) is 12.7 Å². The Kier molecular flexibility index (Phi) is 3.72. The lowest BCUT2D eigenvalue weighted by atomic mass is 9.79. The molecule has 1 aromatic heterocycles. The van der Waals surface area contributed by atoms with Crippen LogP contribution >= 0.6 is 0 Å². The first-order valence-corrected chi connectivity index (χ1v) is 7.13. The number of hydrogen-bond donors (Lipinski definition) is 0. The molecule has 2 rings (SSSR count). The molecule has 1 heterocycles. The summed E-state index contributed by atoms with van der Waals surface area (Å²) < 4.78 is 1.87. The van der Waals surface area contributed by atoms with Crippen molar-refractivity contribution in [3.8, 4) is 0 Å². The van der Waals surface area contributed by atoms with Gasteiger partial charge in [-0.25, -0.2) is 9.67 Å². The predicted octanol–water partition coefficient (Wildman–Crippen LogP) is 3.92. The summed E-state index contributed by atoms with van der Waals surface area (Å²) >= 11 is 0. The maximum absolute atomic E-state index is 4.20. The van der Waals surface area contributed by atoms with Crippen molar-refractivity contribution >= 4 is 0 Å². The highest BCUT2D eigenvalue weighted by Gasteiger charge is 2.20. The van der Waals surface area contributed by atoms with E-state index in [-0.39, 0.29) is 10.8 Å². The van der Waals surface area contributed by atoms with Gasteiger partial charge in [0, 0.05) is 0 Å². The first-order valence-electron chi connectivity index (χ1n) is 7.13. The zero-order valence-electron chi connectivity index (χ0n) is 13.4. The van der Waals surface area contributed by atoms with Gasteiger partial charge >= 0.3 is 0 Å². The van der Waals surface area contributed by atoms with Crippen LogP contribution in [0.1, 0.15) is 58.2 Å². The quantitative estimate of drug-likeness (QED) is 0.828. The smallest absolute Gasteiger partial charge is 0.137 e. The summed E-state index contributed by atoms with van der Waals surface area (Å²) in [7, 11) is 0. The first kappa shape index (κ1) is 14.8. The molecule has 108 valence electrons. The summed E-state index contributed by atoms with van der Waals surface area (Å²) in [5.41, 5.74) is 4.34. The molecule has 0 aliphatic carbocycles. The van der Waals surface area contributed by atoms with E-state index in [1.54, 1.807) is 12.7 Å². The molecule has 3 nitrogen and oxygen atoms in total. The molecule has 0 fully saturated rings. The summed E-state index contributed by atoms with van der Waals surface area (Å²) in [6.07, 6.45) is 3.35. The van der Waals surface area contributed by atoms with Crippen molar-refractivity contribution in [1.29, 1.82) is 0 Å². The van der Waals surface area contributed by atoms with Crippen LogP contribution < -0.4 is 0 Å². The molecule has 0 aliphatic rings. The van der Waals surface area contributed by atoms with Crippen LogP contribution in [0.25, 0.3) is 0 Å². The monoisotopic (exact) mass is 271 g/mol. The zero-order valence-corrected chi connectivity index (χ0v) is 13.4. The lowest BCUT2D eigenvalue weighted by molar-refractivity contribution is 0.564. The van der Waals surface area contributed by atoms with E-state index in [2.05, 4.69) is 69.8 Å². The van der Waals surface area contributed by atoms with Crippen molar-refractivity contribution in [3.05, 3.63) is 47.5 Å². The number of nitrogens with zero attached hydrogens (tertiary/aromatic N) is 3. The highest BCUT2D eigenvalue weighted by atomic mass is 15.3. The standard InChI is InChI=1S/C17H25N3/c1-16(2,3)14-7-13(10-20-12-18-11-19-20)8-15(9-14)17(4,5)6/h7-9,11-12H,10H2,1-6H3. The van der Waals surface area contributed by atoms with E-state index in [0.717, 1.165) is 6.54 Å². The van der Waals surface area contributed by atoms with Crippen molar-refractivity contribution in [3.63, 3.8) is 0 Å². The Hall–Kier alpha value is -1.64. The Bertz CT molecular complexity index is 537. The Morgan fingerprint density at radius 2 is 1.45 bits per heavy atom. The van der Waals surface area contributed by atoms with Crippen LogP contribution in [-0.2, 0) is 17.4 Å². The lowest BCUT2D eigenvalue weighted by Crippen LogP contribution is -2.17. The fraction of sp³-hybridized carbons (Fsp3) is 0.529. The van der Waals surface area contributed by atoms with E-state index in [0.29, 0.717) is 0 Å². The highest BCUT2D eigenvalue weighted by molar-refractivity contribution is 5.37. The van der Waals surface area contributed by atoms with Crippen molar-refractivity contribution in [1.82, 2.24) is 14.8 Å². The van der Waals surface area contributed by atoms with Crippen LogP contribution in [-0.4, -0.2) is 14.8 Å². The van der Waals surface area contributed by atoms with E-state index in [4.69, 9.17) is 0 Å². The van der Waals surface area contributed by atoms with Crippen molar-refractivity contribution in [2.24, 2.45) is 0 Å². The van der Waals surface area contributed by atoms with Gasteiger partial charge in [-0.2, -0.15) is 5.10 Å². The van der Waals surface area contributed by atoms with E-state index in [1.165, 1.54) is 16.7 Å². The molecule has 2 aromatic rings. The molecular formula is C17H25N3. The van der Waals surface area contributed by atoms with Gasteiger partial charge in [-0.1, -0.05) is 59.7 Å². The SMILES string of the molecule is CC(C)(C)c1cc(Cn2cncn2)cc(C(C)(C)C)c1. The van der Waals surface area contributed by atoms with E-state index in [9.17, 15) is 0 Å². The van der Waals surface area contributed by atoms with E-state index < -0.39 is 0 Å². The number of benzene rings is 1. The van der Waals surface area contributed by atoms with Crippen molar-refractivity contribution in [2.45, 2.75) is 58.9 Å². The third-order valence-corrected chi connectivity index (χ3v) is 3.54. The number of hydrogen-bond acceptors (Lipinski definition) is 2. The van der Waals surface area contributed by atoms with E-state index >= 15 is 0 Å². The summed E-state index contributed by atoms with van der Waals surface area (Å²) in [6, 6.07) is 6.92.